The number of aromatic nitrogens is 1. The minimum absolute atomic E-state index is 0.0472. The van der Waals surface area contributed by atoms with Gasteiger partial charge in [0.05, 0.1) is 17.7 Å². The van der Waals surface area contributed by atoms with Crippen molar-refractivity contribution in [3.63, 3.8) is 0 Å². The summed E-state index contributed by atoms with van der Waals surface area (Å²) in [5.41, 5.74) is 3.54. The molecule has 2 aromatic carbocycles. The van der Waals surface area contributed by atoms with Crippen LogP contribution in [0, 0.1) is 30.9 Å². The second-order valence-corrected chi connectivity index (χ2v) is 8.09. The first kappa shape index (κ1) is 24.0. The highest BCUT2D eigenvalue weighted by molar-refractivity contribution is 9.10. The van der Waals surface area contributed by atoms with Crippen LogP contribution in [0.1, 0.15) is 28.1 Å². The molecule has 0 bridgehead atoms. The van der Waals surface area contributed by atoms with Gasteiger partial charge in [0.25, 0.3) is 5.91 Å². The molecule has 0 radical (unpaired) electrons. The number of ether oxygens (including phenoxy) is 2. The Labute approximate surface area is 198 Å². The second-order valence-electron chi connectivity index (χ2n) is 7.23. The minimum atomic E-state index is -0.537. The van der Waals surface area contributed by atoms with Gasteiger partial charge in [-0.2, -0.15) is 0 Å². The second kappa shape index (κ2) is 10.3. The van der Waals surface area contributed by atoms with E-state index in [1.807, 2.05) is 26.0 Å². The van der Waals surface area contributed by atoms with Crippen LogP contribution in [-0.4, -0.2) is 29.7 Å². The van der Waals surface area contributed by atoms with E-state index in [0.29, 0.717) is 22.7 Å². The molecule has 10 heteroatoms. The third-order valence-corrected chi connectivity index (χ3v) is 5.53. The van der Waals surface area contributed by atoms with Crippen LogP contribution in [0.15, 0.2) is 39.3 Å². The number of methoxy groups -OCH3 is 1. The molecule has 9 nitrogen and oxygen atoms in total. The third kappa shape index (κ3) is 5.78. The summed E-state index contributed by atoms with van der Waals surface area (Å²) in [5, 5.41) is 17.6. The molecule has 0 aliphatic rings. The first-order valence-corrected chi connectivity index (χ1v) is 10.6. The highest BCUT2D eigenvalue weighted by Crippen LogP contribution is 2.30. The van der Waals surface area contributed by atoms with E-state index >= 15 is 0 Å². The molecule has 0 saturated carbocycles. The number of rotatable bonds is 8. The molecule has 1 heterocycles. The van der Waals surface area contributed by atoms with Crippen molar-refractivity contribution in [3.8, 4) is 11.5 Å². The lowest BCUT2D eigenvalue weighted by molar-refractivity contribution is -0.386. The number of aryl methyl sites for hydroxylation is 3. The van der Waals surface area contributed by atoms with Crippen molar-refractivity contribution in [2.24, 2.45) is 0 Å². The molecule has 0 aliphatic carbocycles. The van der Waals surface area contributed by atoms with E-state index in [0.717, 1.165) is 15.6 Å². The number of nitrogens with one attached hydrogen (secondary N) is 1. The zero-order valence-electron chi connectivity index (χ0n) is 18.5. The molecule has 1 aromatic heterocycles. The Morgan fingerprint density at radius 3 is 2.61 bits per heavy atom. The van der Waals surface area contributed by atoms with E-state index in [1.165, 1.54) is 20.1 Å². The van der Waals surface area contributed by atoms with Gasteiger partial charge in [-0.05, 0) is 83.7 Å². The predicted molar refractivity (Wildman–Crippen MR) is 128 cm³/mol. The highest BCUT2D eigenvalue weighted by atomic mass is 79.9. The van der Waals surface area contributed by atoms with Crippen LogP contribution in [0.2, 0.25) is 0 Å². The Morgan fingerprint density at radius 1 is 1.18 bits per heavy atom. The summed E-state index contributed by atoms with van der Waals surface area (Å²) in [4.78, 5) is 23.0. The van der Waals surface area contributed by atoms with Gasteiger partial charge in [-0.3, -0.25) is 14.9 Å². The van der Waals surface area contributed by atoms with Crippen LogP contribution >= 0.6 is 15.9 Å². The number of nitro groups is 1. The topological polar surface area (TPSA) is 117 Å². The zero-order valence-corrected chi connectivity index (χ0v) is 20.1. The molecular weight excluding hydrogens is 494 g/mol. The van der Waals surface area contributed by atoms with Crippen molar-refractivity contribution >= 4 is 45.4 Å². The maximum Gasteiger partial charge on any atom is 0.338 e. The van der Waals surface area contributed by atoms with Crippen molar-refractivity contribution in [3.05, 3.63) is 73.1 Å². The smallest absolute Gasteiger partial charge is 0.338 e. The third-order valence-electron chi connectivity index (χ3n) is 4.87. The summed E-state index contributed by atoms with van der Waals surface area (Å²) in [7, 11) is 1.48. The lowest BCUT2D eigenvalue weighted by atomic mass is 10.1. The molecule has 3 rings (SSSR count). The quantitative estimate of drug-likeness (QED) is 0.312. The molecule has 1 N–H and O–H groups in total. The van der Waals surface area contributed by atoms with Crippen molar-refractivity contribution in [1.29, 1.82) is 0 Å². The lowest BCUT2D eigenvalue weighted by Gasteiger charge is -2.13. The molecule has 33 heavy (non-hydrogen) atoms. The standard InChI is InChI=1S/C23H22BrN3O6/c1-13-9-17(24)18(10-14(13)2)25-22(28)12-32-19-7-5-16(11-21(19)31-4)6-8-20-23(27(29)30)15(3)26-33-20/h5-11H,12H2,1-4H3,(H,25,28)/b8-6+. The van der Waals surface area contributed by atoms with Crippen LogP contribution in [0.25, 0.3) is 12.2 Å². The van der Waals surface area contributed by atoms with Gasteiger partial charge in [-0.1, -0.05) is 17.3 Å². The zero-order chi connectivity index (χ0) is 24.1. The summed E-state index contributed by atoms with van der Waals surface area (Å²) in [6.07, 6.45) is 3.09. The number of halogens is 1. The number of benzene rings is 2. The minimum Gasteiger partial charge on any atom is -0.493 e. The van der Waals surface area contributed by atoms with Gasteiger partial charge in [0.2, 0.25) is 5.76 Å². The fourth-order valence-corrected chi connectivity index (χ4v) is 3.56. The number of anilines is 1. The van der Waals surface area contributed by atoms with Gasteiger partial charge in [0.1, 0.15) is 0 Å². The normalized spacial score (nSPS) is 10.9. The number of hydrogen-bond acceptors (Lipinski definition) is 7. The fraction of sp³-hybridized carbons (Fsp3) is 0.217. The van der Waals surface area contributed by atoms with Crippen LogP contribution in [0.4, 0.5) is 11.4 Å². The van der Waals surface area contributed by atoms with E-state index in [2.05, 4.69) is 26.4 Å². The lowest BCUT2D eigenvalue weighted by Crippen LogP contribution is -2.20. The van der Waals surface area contributed by atoms with Gasteiger partial charge in [-0.25, -0.2) is 0 Å². The maximum absolute atomic E-state index is 12.4. The van der Waals surface area contributed by atoms with Gasteiger partial charge in [-0.15, -0.1) is 0 Å². The van der Waals surface area contributed by atoms with Crippen LogP contribution in [0.5, 0.6) is 11.5 Å². The summed E-state index contributed by atoms with van der Waals surface area (Å²) < 4.78 is 16.8. The number of carbonyl (C=O) groups excluding carboxylic acids is 1. The Kier molecular flexibility index (Phi) is 7.49. The Balaban J connectivity index is 1.68. The Hall–Kier alpha value is -3.66. The molecule has 0 saturated heterocycles. The fourth-order valence-electron chi connectivity index (χ4n) is 3.00. The van der Waals surface area contributed by atoms with Gasteiger partial charge in [0, 0.05) is 4.47 Å². The van der Waals surface area contributed by atoms with Gasteiger partial charge >= 0.3 is 5.69 Å². The molecule has 0 spiro atoms. The number of hydrogen-bond donors (Lipinski definition) is 1. The van der Waals surface area contributed by atoms with Crippen molar-refractivity contribution in [2.75, 3.05) is 19.0 Å². The molecule has 0 aliphatic heterocycles. The van der Waals surface area contributed by atoms with E-state index in [4.69, 9.17) is 14.0 Å². The molecule has 1 amide bonds. The largest absolute Gasteiger partial charge is 0.493 e. The van der Waals surface area contributed by atoms with Crippen LogP contribution in [-0.2, 0) is 4.79 Å². The highest BCUT2D eigenvalue weighted by Gasteiger charge is 2.22. The summed E-state index contributed by atoms with van der Waals surface area (Å²) in [5.74, 6) is 0.509. The first-order chi connectivity index (χ1) is 15.7. The van der Waals surface area contributed by atoms with Crippen molar-refractivity contribution < 1.29 is 23.7 Å². The van der Waals surface area contributed by atoms with Gasteiger partial charge in [0.15, 0.2) is 23.8 Å². The monoisotopic (exact) mass is 515 g/mol. The van der Waals surface area contributed by atoms with Crippen molar-refractivity contribution in [1.82, 2.24) is 5.16 Å². The average molecular weight is 516 g/mol. The molecule has 0 atom stereocenters. The molecular formula is C23H22BrN3O6. The summed E-state index contributed by atoms with van der Waals surface area (Å²) in [6.45, 7) is 5.25. The van der Waals surface area contributed by atoms with E-state index in [9.17, 15) is 14.9 Å². The molecule has 3 aromatic rings. The number of carbonyl (C=O) groups is 1. The Morgan fingerprint density at radius 2 is 1.91 bits per heavy atom. The van der Waals surface area contributed by atoms with Crippen LogP contribution in [0.3, 0.4) is 0 Å². The van der Waals surface area contributed by atoms with E-state index < -0.39 is 4.92 Å². The predicted octanol–water partition coefficient (Wildman–Crippen LogP) is 5.47. The van der Waals surface area contributed by atoms with E-state index in [-0.39, 0.29) is 29.7 Å². The molecule has 172 valence electrons. The van der Waals surface area contributed by atoms with Crippen molar-refractivity contribution in [2.45, 2.75) is 20.8 Å². The number of nitrogens with zero attached hydrogens (tertiary/aromatic N) is 2. The summed E-state index contributed by atoms with van der Waals surface area (Å²) in [6, 6.07) is 8.88. The number of amides is 1. The first-order valence-electron chi connectivity index (χ1n) is 9.85. The average Bonchev–Trinajstić information content (AvgIpc) is 3.15. The van der Waals surface area contributed by atoms with Crippen LogP contribution < -0.4 is 14.8 Å². The maximum atomic E-state index is 12.4. The Bertz CT molecular complexity index is 1240. The van der Waals surface area contributed by atoms with Gasteiger partial charge < -0.3 is 19.3 Å². The summed E-state index contributed by atoms with van der Waals surface area (Å²) >= 11 is 3.45. The SMILES string of the molecule is COc1cc(/C=C/c2onc(C)c2[N+](=O)[O-])ccc1OCC(=O)Nc1cc(C)c(C)cc1Br. The van der Waals surface area contributed by atoms with E-state index in [1.54, 1.807) is 24.3 Å². The molecule has 0 unspecified atom stereocenters. The molecule has 0 fully saturated rings.